The van der Waals surface area contributed by atoms with Crippen LogP contribution in [0.4, 0.5) is 11.4 Å². The molecule has 0 unspecified atom stereocenters. The van der Waals surface area contributed by atoms with Crippen molar-refractivity contribution in [3.63, 3.8) is 0 Å². The molecular formula is C18H15N3O5. The van der Waals surface area contributed by atoms with E-state index in [1.807, 2.05) is 19.9 Å². The van der Waals surface area contributed by atoms with Crippen molar-refractivity contribution in [3.05, 3.63) is 68.8 Å². The lowest BCUT2D eigenvalue weighted by atomic mass is 10.1. The summed E-state index contributed by atoms with van der Waals surface area (Å²) in [5.74, 6) is -2.12. The van der Waals surface area contributed by atoms with Gasteiger partial charge in [0.15, 0.2) is 0 Å². The van der Waals surface area contributed by atoms with Crippen LogP contribution in [0.5, 0.6) is 0 Å². The number of benzene rings is 2. The van der Waals surface area contributed by atoms with E-state index in [9.17, 15) is 24.5 Å². The predicted molar refractivity (Wildman–Crippen MR) is 93.0 cm³/mol. The van der Waals surface area contributed by atoms with Crippen molar-refractivity contribution in [1.82, 2.24) is 4.90 Å². The third-order valence-corrected chi connectivity index (χ3v) is 4.27. The Kier molecular flexibility index (Phi) is 4.25. The third kappa shape index (κ3) is 2.92. The number of carbonyl (C=O) groups excluding carboxylic acids is 3. The normalized spacial score (nSPS) is 12.9. The molecule has 0 saturated heterocycles. The monoisotopic (exact) mass is 353 g/mol. The van der Waals surface area contributed by atoms with Crippen LogP contribution in [0.15, 0.2) is 36.4 Å². The molecule has 1 N–H and O–H groups in total. The maximum Gasteiger partial charge on any atom is 0.282 e. The van der Waals surface area contributed by atoms with Gasteiger partial charge in [-0.3, -0.25) is 29.4 Å². The summed E-state index contributed by atoms with van der Waals surface area (Å²) in [5, 5.41) is 13.7. The summed E-state index contributed by atoms with van der Waals surface area (Å²) in [5.41, 5.74) is 1.80. The zero-order valence-electron chi connectivity index (χ0n) is 14.1. The van der Waals surface area contributed by atoms with Crippen LogP contribution in [-0.4, -0.2) is 34.1 Å². The Morgan fingerprint density at radius 3 is 2.50 bits per heavy atom. The largest absolute Gasteiger partial charge is 0.325 e. The Bertz CT molecular complexity index is 967. The maximum absolute atomic E-state index is 12.4. The Balaban J connectivity index is 1.80. The second kappa shape index (κ2) is 6.40. The van der Waals surface area contributed by atoms with Crippen molar-refractivity contribution in [2.45, 2.75) is 13.8 Å². The van der Waals surface area contributed by atoms with Crippen LogP contribution in [0.25, 0.3) is 0 Å². The van der Waals surface area contributed by atoms with E-state index >= 15 is 0 Å². The van der Waals surface area contributed by atoms with E-state index in [-0.39, 0.29) is 11.1 Å². The summed E-state index contributed by atoms with van der Waals surface area (Å²) in [6, 6.07) is 9.16. The molecule has 3 amide bonds. The molecule has 26 heavy (non-hydrogen) atoms. The van der Waals surface area contributed by atoms with Crippen molar-refractivity contribution in [2.24, 2.45) is 0 Å². The molecule has 1 heterocycles. The summed E-state index contributed by atoms with van der Waals surface area (Å²) in [7, 11) is 0. The molecule has 3 rings (SSSR count). The Labute approximate surface area is 148 Å². The second-order valence-corrected chi connectivity index (χ2v) is 6.00. The average molecular weight is 353 g/mol. The highest BCUT2D eigenvalue weighted by molar-refractivity contribution is 6.24. The van der Waals surface area contributed by atoms with Crippen molar-refractivity contribution in [2.75, 3.05) is 11.9 Å². The number of fused-ring (bicyclic) bond motifs is 1. The molecule has 0 radical (unpaired) electrons. The lowest BCUT2D eigenvalue weighted by Gasteiger charge is -2.14. The number of imide groups is 1. The molecule has 0 atom stereocenters. The summed E-state index contributed by atoms with van der Waals surface area (Å²) < 4.78 is 0. The molecule has 0 spiro atoms. The molecule has 132 valence electrons. The number of hydrogen-bond donors (Lipinski definition) is 1. The van der Waals surface area contributed by atoms with Gasteiger partial charge in [-0.2, -0.15) is 0 Å². The van der Waals surface area contributed by atoms with Crippen LogP contribution < -0.4 is 5.32 Å². The van der Waals surface area contributed by atoms with E-state index in [2.05, 4.69) is 5.32 Å². The molecule has 0 fully saturated rings. The van der Waals surface area contributed by atoms with Crippen molar-refractivity contribution in [3.8, 4) is 0 Å². The van der Waals surface area contributed by atoms with Gasteiger partial charge in [-0.25, -0.2) is 0 Å². The molecule has 0 bridgehead atoms. The van der Waals surface area contributed by atoms with Gasteiger partial charge in [-0.15, -0.1) is 0 Å². The lowest BCUT2D eigenvalue weighted by molar-refractivity contribution is -0.385. The van der Waals surface area contributed by atoms with Gasteiger partial charge in [-0.05, 0) is 43.2 Å². The molecule has 2 aromatic carbocycles. The van der Waals surface area contributed by atoms with Crippen LogP contribution in [0.1, 0.15) is 31.8 Å². The zero-order valence-corrected chi connectivity index (χ0v) is 14.1. The molecule has 8 heteroatoms. The fraction of sp³-hybridized carbons (Fsp3) is 0.167. The number of nitro groups is 1. The first-order valence-corrected chi connectivity index (χ1v) is 7.80. The van der Waals surface area contributed by atoms with E-state index in [0.717, 1.165) is 17.2 Å². The van der Waals surface area contributed by atoms with Crippen LogP contribution in [0, 0.1) is 24.0 Å². The van der Waals surface area contributed by atoms with E-state index in [0.29, 0.717) is 10.6 Å². The van der Waals surface area contributed by atoms with Crippen molar-refractivity contribution >= 4 is 29.1 Å². The van der Waals surface area contributed by atoms with E-state index in [1.54, 1.807) is 12.1 Å². The quantitative estimate of drug-likeness (QED) is 0.516. The van der Waals surface area contributed by atoms with Gasteiger partial charge in [0.05, 0.1) is 10.5 Å². The second-order valence-electron chi connectivity index (χ2n) is 6.00. The van der Waals surface area contributed by atoms with E-state index in [4.69, 9.17) is 0 Å². The molecule has 0 saturated carbocycles. The minimum atomic E-state index is -0.840. The summed E-state index contributed by atoms with van der Waals surface area (Å²) in [6.45, 7) is 3.32. The number of anilines is 1. The smallest absolute Gasteiger partial charge is 0.282 e. The van der Waals surface area contributed by atoms with Crippen LogP contribution in [-0.2, 0) is 4.79 Å². The number of nitrogens with zero attached hydrogens (tertiary/aromatic N) is 2. The number of nitro benzene ring substituents is 1. The lowest BCUT2D eigenvalue weighted by Crippen LogP contribution is -2.37. The molecular weight excluding hydrogens is 338 g/mol. The average Bonchev–Trinajstić information content (AvgIpc) is 2.83. The van der Waals surface area contributed by atoms with Gasteiger partial charge in [0.1, 0.15) is 12.1 Å². The molecule has 2 aromatic rings. The fourth-order valence-corrected chi connectivity index (χ4v) is 2.77. The highest BCUT2D eigenvalue weighted by Crippen LogP contribution is 2.30. The number of amides is 3. The number of aryl methyl sites for hydroxylation is 2. The third-order valence-electron chi connectivity index (χ3n) is 4.27. The summed E-state index contributed by atoms with van der Waals surface area (Å²) in [6.07, 6.45) is 0. The highest BCUT2D eigenvalue weighted by Gasteiger charge is 2.41. The molecule has 0 aliphatic carbocycles. The number of rotatable bonds is 4. The molecule has 1 aliphatic rings. The Morgan fingerprint density at radius 1 is 1.12 bits per heavy atom. The Morgan fingerprint density at radius 2 is 1.85 bits per heavy atom. The van der Waals surface area contributed by atoms with E-state index < -0.39 is 34.9 Å². The number of nitrogens with one attached hydrogen (secondary N) is 1. The van der Waals surface area contributed by atoms with Crippen LogP contribution in [0.3, 0.4) is 0 Å². The van der Waals surface area contributed by atoms with Crippen LogP contribution in [0.2, 0.25) is 0 Å². The van der Waals surface area contributed by atoms with Gasteiger partial charge >= 0.3 is 0 Å². The zero-order chi connectivity index (χ0) is 19.0. The fourth-order valence-electron chi connectivity index (χ4n) is 2.77. The van der Waals surface area contributed by atoms with Gasteiger partial charge in [0, 0.05) is 11.8 Å². The van der Waals surface area contributed by atoms with Gasteiger partial charge in [0.2, 0.25) is 5.91 Å². The highest BCUT2D eigenvalue weighted by atomic mass is 16.6. The summed E-state index contributed by atoms with van der Waals surface area (Å²) in [4.78, 5) is 48.1. The minimum Gasteiger partial charge on any atom is -0.325 e. The maximum atomic E-state index is 12.4. The Hall–Kier alpha value is -3.55. The minimum absolute atomic E-state index is 0.0665. The van der Waals surface area contributed by atoms with Gasteiger partial charge in [0.25, 0.3) is 17.5 Å². The molecule has 8 nitrogen and oxygen atoms in total. The predicted octanol–water partition coefficient (Wildman–Crippen LogP) is 2.45. The summed E-state index contributed by atoms with van der Waals surface area (Å²) >= 11 is 0. The molecule has 0 aromatic heterocycles. The van der Waals surface area contributed by atoms with E-state index in [1.165, 1.54) is 12.1 Å². The number of hydrogen-bond acceptors (Lipinski definition) is 5. The van der Waals surface area contributed by atoms with Gasteiger partial charge < -0.3 is 5.32 Å². The molecule has 1 aliphatic heterocycles. The SMILES string of the molecule is Cc1ccc(NC(=O)CN2C(=O)c3cccc([N+](=O)[O-])c3C2=O)cc1C. The standard InChI is InChI=1S/C18H15N3O5/c1-10-6-7-12(8-11(10)2)19-15(22)9-20-17(23)13-4-3-5-14(21(25)26)16(13)18(20)24/h3-8H,9H2,1-2H3,(H,19,22). The van der Waals surface area contributed by atoms with Gasteiger partial charge in [-0.1, -0.05) is 12.1 Å². The van der Waals surface area contributed by atoms with Crippen LogP contribution >= 0.6 is 0 Å². The first-order valence-electron chi connectivity index (χ1n) is 7.80. The van der Waals surface area contributed by atoms with Crippen molar-refractivity contribution in [1.29, 1.82) is 0 Å². The first kappa shape index (κ1) is 17.3. The first-order chi connectivity index (χ1) is 12.3. The van der Waals surface area contributed by atoms with Crippen molar-refractivity contribution < 1.29 is 19.3 Å². The number of carbonyl (C=O) groups is 3. The topological polar surface area (TPSA) is 110 Å².